The zero-order valence-electron chi connectivity index (χ0n) is 13.9. The average Bonchev–Trinajstić information content (AvgIpc) is 2.81. The molecule has 3 aromatic rings. The Morgan fingerprint density at radius 2 is 2.12 bits per heavy atom. The van der Waals surface area contributed by atoms with Crippen LogP contribution in [0.1, 0.15) is 36.3 Å². The normalized spacial score (nSPS) is 17.4. The Hall–Kier alpha value is -2.54. The molecule has 128 valence electrons. The number of anilines is 1. The summed E-state index contributed by atoms with van der Waals surface area (Å²) in [5, 5.41) is 6.56. The molecule has 2 N–H and O–H groups in total. The first-order valence-electron chi connectivity index (χ1n) is 8.15. The monoisotopic (exact) mass is 354 g/mol. The number of nitrogens with one attached hydrogen (secondary N) is 2. The maximum atomic E-state index is 12.6. The van der Waals surface area contributed by atoms with Crippen LogP contribution in [0.25, 0.3) is 10.9 Å². The van der Waals surface area contributed by atoms with Crippen LogP contribution in [-0.4, -0.2) is 26.4 Å². The van der Waals surface area contributed by atoms with E-state index in [1.165, 1.54) is 11.8 Å². The highest BCUT2D eigenvalue weighted by atomic mass is 32.2. The van der Waals surface area contributed by atoms with Crippen LogP contribution in [0.15, 0.2) is 41.3 Å². The van der Waals surface area contributed by atoms with Crippen LogP contribution in [-0.2, 0) is 4.79 Å². The number of carbonyl (C=O) groups excluding carboxylic acids is 1. The third-order valence-electron chi connectivity index (χ3n) is 4.31. The molecule has 0 aliphatic carbocycles. The predicted molar refractivity (Wildman–Crippen MR) is 100 cm³/mol. The number of H-pyrrole nitrogens is 1. The van der Waals surface area contributed by atoms with Crippen molar-refractivity contribution in [3.63, 3.8) is 0 Å². The van der Waals surface area contributed by atoms with Gasteiger partial charge in [-0.15, -0.1) is 11.8 Å². The van der Waals surface area contributed by atoms with E-state index in [9.17, 15) is 9.59 Å². The van der Waals surface area contributed by atoms with Crippen molar-refractivity contribution >= 4 is 34.4 Å². The van der Waals surface area contributed by atoms with Crippen LogP contribution < -0.4 is 10.9 Å². The van der Waals surface area contributed by atoms with E-state index in [0.29, 0.717) is 17.1 Å². The lowest BCUT2D eigenvalue weighted by molar-refractivity contribution is -0.113. The summed E-state index contributed by atoms with van der Waals surface area (Å²) in [7, 11) is 0. The molecule has 1 aliphatic rings. The van der Waals surface area contributed by atoms with Crippen molar-refractivity contribution in [1.29, 1.82) is 0 Å². The van der Waals surface area contributed by atoms with Gasteiger partial charge in [-0.05, 0) is 37.6 Å². The van der Waals surface area contributed by atoms with Gasteiger partial charge in [-0.25, -0.2) is 0 Å². The summed E-state index contributed by atoms with van der Waals surface area (Å²) >= 11 is 1.47. The van der Waals surface area contributed by atoms with Crippen molar-refractivity contribution in [1.82, 2.24) is 14.8 Å². The first-order valence-corrected chi connectivity index (χ1v) is 9.20. The summed E-state index contributed by atoms with van der Waals surface area (Å²) in [5.41, 5.74) is 2.35. The van der Waals surface area contributed by atoms with Crippen molar-refractivity contribution in [2.24, 2.45) is 0 Å². The van der Waals surface area contributed by atoms with Crippen LogP contribution >= 0.6 is 11.8 Å². The van der Waals surface area contributed by atoms with Gasteiger partial charge < -0.3 is 5.32 Å². The fourth-order valence-electron chi connectivity index (χ4n) is 3.15. The van der Waals surface area contributed by atoms with E-state index in [-0.39, 0.29) is 22.8 Å². The van der Waals surface area contributed by atoms with Crippen LogP contribution in [0.4, 0.5) is 5.82 Å². The van der Waals surface area contributed by atoms with Gasteiger partial charge in [0.05, 0.1) is 22.1 Å². The van der Waals surface area contributed by atoms with Gasteiger partial charge in [0.2, 0.25) is 5.91 Å². The molecular formula is C18H18N4O2S. The number of benzene rings is 1. The Labute approximate surface area is 148 Å². The Balaban J connectivity index is 1.90. The zero-order chi connectivity index (χ0) is 17.6. The molecule has 0 radical (unpaired) electrons. The zero-order valence-corrected chi connectivity index (χ0v) is 14.8. The van der Waals surface area contributed by atoms with Gasteiger partial charge in [-0.1, -0.05) is 12.1 Å². The van der Waals surface area contributed by atoms with Crippen LogP contribution in [0.2, 0.25) is 0 Å². The molecule has 6 nitrogen and oxygen atoms in total. The van der Waals surface area contributed by atoms with Crippen molar-refractivity contribution in [2.45, 2.75) is 25.1 Å². The predicted octanol–water partition coefficient (Wildman–Crippen LogP) is 3.08. The van der Waals surface area contributed by atoms with E-state index in [1.54, 1.807) is 10.9 Å². The summed E-state index contributed by atoms with van der Waals surface area (Å²) in [6.07, 6.45) is 1.76. The van der Waals surface area contributed by atoms with Gasteiger partial charge in [0.1, 0.15) is 5.82 Å². The summed E-state index contributed by atoms with van der Waals surface area (Å²) < 4.78 is 1.73. The molecule has 4 rings (SSSR count). The third kappa shape index (κ3) is 2.74. The molecule has 1 aromatic carbocycles. The minimum Gasteiger partial charge on any atom is -0.310 e. The molecular weight excluding hydrogens is 336 g/mol. The molecule has 1 atom stereocenters. The Kier molecular flexibility index (Phi) is 3.88. The molecule has 1 unspecified atom stereocenters. The lowest BCUT2D eigenvalue weighted by atomic mass is 10.0. The van der Waals surface area contributed by atoms with Crippen molar-refractivity contribution in [3.05, 3.63) is 58.0 Å². The number of hydrogen-bond acceptors (Lipinski definition) is 4. The molecule has 0 bridgehead atoms. The van der Waals surface area contributed by atoms with Crippen molar-refractivity contribution < 1.29 is 4.79 Å². The number of hydrogen-bond donors (Lipinski definition) is 2. The summed E-state index contributed by atoms with van der Waals surface area (Å²) in [5.74, 6) is 0.790. The maximum absolute atomic E-state index is 12.6. The third-order valence-corrected chi connectivity index (χ3v) is 5.58. The summed E-state index contributed by atoms with van der Waals surface area (Å²) in [6, 6.07) is 9.93. The minimum absolute atomic E-state index is 0.0429. The molecule has 0 fully saturated rings. The fourth-order valence-corrected chi connectivity index (χ4v) is 4.27. The maximum Gasteiger partial charge on any atom is 0.270 e. The minimum atomic E-state index is -0.206. The standard InChI is InChI=1S/C18H18N4O2S/c1-10(2)22-17-15(18(24)21-22)16(25-9-14(23)20-17)12-5-6-13-11(8-12)4-3-7-19-13/h3-8,10,16H,9H2,1-2H3,(H,20,23)(H,21,24). The van der Waals surface area contributed by atoms with Gasteiger partial charge in [-0.2, -0.15) is 0 Å². The van der Waals surface area contributed by atoms with E-state index in [2.05, 4.69) is 15.4 Å². The summed E-state index contributed by atoms with van der Waals surface area (Å²) in [6.45, 7) is 3.94. The van der Waals surface area contributed by atoms with Gasteiger partial charge in [0.25, 0.3) is 5.56 Å². The van der Waals surface area contributed by atoms with Gasteiger partial charge in [0.15, 0.2) is 0 Å². The number of rotatable bonds is 2. The summed E-state index contributed by atoms with van der Waals surface area (Å²) in [4.78, 5) is 29.1. The average molecular weight is 354 g/mol. The smallest absolute Gasteiger partial charge is 0.270 e. The second-order valence-corrected chi connectivity index (χ2v) is 7.46. The largest absolute Gasteiger partial charge is 0.310 e. The molecule has 1 aliphatic heterocycles. The lowest BCUT2D eigenvalue weighted by Gasteiger charge is -2.15. The number of thioether (sulfide) groups is 1. The second-order valence-electron chi connectivity index (χ2n) is 6.36. The highest BCUT2D eigenvalue weighted by Crippen LogP contribution is 2.40. The van der Waals surface area contributed by atoms with Gasteiger partial charge in [-0.3, -0.25) is 24.4 Å². The molecule has 7 heteroatoms. The van der Waals surface area contributed by atoms with E-state index in [1.807, 2.05) is 44.2 Å². The molecule has 1 amide bonds. The van der Waals surface area contributed by atoms with E-state index in [0.717, 1.165) is 16.5 Å². The van der Waals surface area contributed by atoms with Crippen LogP contribution in [0, 0.1) is 0 Å². The van der Waals surface area contributed by atoms with Gasteiger partial charge in [0, 0.05) is 17.6 Å². The number of nitrogens with zero attached hydrogens (tertiary/aromatic N) is 2. The molecule has 0 saturated carbocycles. The number of aromatic nitrogens is 3. The van der Waals surface area contributed by atoms with Crippen molar-refractivity contribution in [3.8, 4) is 0 Å². The molecule has 0 spiro atoms. The number of aromatic amines is 1. The number of amides is 1. The highest BCUT2D eigenvalue weighted by molar-refractivity contribution is 8.00. The van der Waals surface area contributed by atoms with Crippen LogP contribution in [0.5, 0.6) is 0 Å². The van der Waals surface area contributed by atoms with E-state index in [4.69, 9.17) is 0 Å². The van der Waals surface area contributed by atoms with E-state index >= 15 is 0 Å². The molecule has 3 heterocycles. The molecule has 2 aromatic heterocycles. The topological polar surface area (TPSA) is 79.8 Å². The quantitative estimate of drug-likeness (QED) is 0.741. The highest BCUT2D eigenvalue weighted by Gasteiger charge is 2.31. The Morgan fingerprint density at radius 1 is 1.28 bits per heavy atom. The molecule has 25 heavy (non-hydrogen) atoms. The fraction of sp³-hybridized carbons (Fsp3) is 0.278. The first-order chi connectivity index (χ1) is 12.0. The number of fused-ring (bicyclic) bond motifs is 2. The number of pyridine rings is 1. The Morgan fingerprint density at radius 3 is 2.92 bits per heavy atom. The number of carbonyl (C=O) groups is 1. The lowest BCUT2D eigenvalue weighted by Crippen LogP contribution is -2.17. The second kappa shape index (κ2) is 6.07. The van der Waals surface area contributed by atoms with Crippen LogP contribution in [0.3, 0.4) is 0 Å². The first kappa shape index (κ1) is 16.0. The van der Waals surface area contributed by atoms with Gasteiger partial charge >= 0.3 is 0 Å². The Bertz CT molecular complexity index is 1020. The molecule has 0 saturated heterocycles. The van der Waals surface area contributed by atoms with Crippen molar-refractivity contribution in [2.75, 3.05) is 11.1 Å². The van der Waals surface area contributed by atoms with E-state index < -0.39 is 0 Å². The SMILES string of the molecule is CC(C)n1[nH]c(=O)c2c1NC(=O)CSC2c1ccc2ncccc2c1.